The van der Waals surface area contributed by atoms with E-state index < -0.39 is 0 Å². The van der Waals surface area contributed by atoms with Crippen molar-refractivity contribution in [3.05, 3.63) is 78.0 Å². The Morgan fingerprint density at radius 2 is 1.94 bits per heavy atom. The van der Waals surface area contributed by atoms with Crippen molar-refractivity contribution in [1.82, 2.24) is 14.2 Å². The molecule has 0 saturated heterocycles. The highest BCUT2D eigenvalue weighted by atomic mass is 16.5. The van der Waals surface area contributed by atoms with Crippen LogP contribution in [0.1, 0.15) is 28.5 Å². The summed E-state index contributed by atoms with van der Waals surface area (Å²) >= 11 is 0. The summed E-state index contributed by atoms with van der Waals surface area (Å²) in [4.78, 5) is 13.2. The van der Waals surface area contributed by atoms with Crippen LogP contribution in [-0.4, -0.2) is 33.7 Å². The molecule has 0 N–H and O–H groups in total. The maximum absolute atomic E-state index is 13.2. The highest BCUT2D eigenvalue weighted by molar-refractivity contribution is 6.12. The van der Waals surface area contributed by atoms with Gasteiger partial charge in [-0.3, -0.25) is 4.79 Å². The lowest BCUT2D eigenvalue weighted by atomic mass is 10.1. The zero-order valence-electron chi connectivity index (χ0n) is 18.0. The molecule has 0 saturated carbocycles. The summed E-state index contributed by atoms with van der Waals surface area (Å²) in [6.07, 6.45) is 5.19. The second-order valence-electron chi connectivity index (χ2n) is 7.12. The summed E-state index contributed by atoms with van der Waals surface area (Å²) in [6, 6.07) is 13.6. The van der Waals surface area contributed by atoms with E-state index in [9.17, 15) is 4.79 Å². The summed E-state index contributed by atoms with van der Waals surface area (Å²) in [6.45, 7) is 8.77. The monoisotopic (exact) mass is 415 g/mol. The van der Waals surface area contributed by atoms with Crippen LogP contribution in [0, 0.1) is 6.92 Å². The van der Waals surface area contributed by atoms with Crippen molar-refractivity contribution in [2.45, 2.75) is 20.4 Å². The highest BCUT2D eigenvalue weighted by Crippen LogP contribution is 2.29. The number of fused-ring (bicyclic) bond motifs is 3. The van der Waals surface area contributed by atoms with Crippen molar-refractivity contribution in [2.75, 3.05) is 13.7 Å². The van der Waals surface area contributed by atoms with Gasteiger partial charge in [-0.25, -0.2) is 4.52 Å². The third-order valence-electron chi connectivity index (χ3n) is 5.17. The standard InChI is InChI=1S/C25H25N3O3/c1-5-15-27-19-9-7-8-10-20(19)28-25(27)24(17(3)26-28)21(29)13-11-18-12-14-22(30-4)23(16-18)31-6-2/h5,7-14,16H,1,6,15H2,2-4H3. The zero-order valence-corrected chi connectivity index (χ0v) is 18.0. The third-order valence-corrected chi connectivity index (χ3v) is 5.17. The molecular formula is C25H25N3O3. The molecule has 0 fully saturated rings. The number of para-hydroxylation sites is 2. The summed E-state index contributed by atoms with van der Waals surface area (Å²) in [5.74, 6) is 1.21. The van der Waals surface area contributed by atoms with Crippen LogP contribution < -0.4 is 9.47 Å². The van der Waals surface area contributed by atoms with E-state index >= 15 is 0 Å². The lowest BCUT2D eigenvalue weighted by Gasteiger charge is -2.09. The largest absolute Gasteiger partial charge is 0.493 e. The van der Waals surface area contributed by atoms with Gasteiger partial charge in [0, 0.05) is 6.54 Å². The van der Waals surface area contributed by atoms with Gasteiger partial charge >= 0.3 is 0 Å². The first-order valence-electron chi connectivity index (χ1n) is 10.2. The van der Waals surface area contributed by atoms with Gasteiger partial charge in [-0.05, 0) is 49.8 Å². The number of benzene rings is 2. The smallest absolute Gasteiger partial charge is 0.191 e. The first-order valence-corrected chi connectivity index (χ1v) is 10.2. The highest BCUT2D eigenvalue weighted by Gasteiger charge is 2.21. The zero-order chi connectivity index (χ0) is 22.0. The molecule has 0 bridgehead atoms. The second-order valence-corrected chi connectivity index (χ2v) is 7.12. The predicted molar refractivity (Wildman–Crippen MR) is 123 cm³/mol. The SMILES string of the molecule is C=CCn1c2ccccc2n2nc(C)c(C(=O)C=Cc3ccc(OC)c(OCC)c3)c12. The van der Waals surface area contributed by atoms with Gasteiger partial charge in [0.15, 0.2) is 17.3 Å². The Morgan fingerprint density at radius 3 is 2.65 bits per heavy atom. The maximum atomic E-state index is 13.2. The van der Waals surface area contributed by atoms with Gasteiger partial charge in [-0.1, -0.05) is 30.4 Å². The fourth-order valence-corrected chi connectivity index (χ4v) is 3.84. The van der Waals surface area contributed by atoms with Gasteiger partial charge in [0.25, 0.3) is 0 Å². The molecule has 0 amide bonds. The molecule has 0 unspecified atom stereocenters. The minimum absolute atomic E-state index is 0.102. The second kappa shape index (κ2) is 8.52. The van der Waals surface area contributed by atoms with Gasteiger partial charge in [-0.15, -0.1) is 6.58 Å². The number of imidazole rings is 1. The van der Waals surface area contributed by atoms with E-state index in [1.54, 1.807) is 19.3 Å². The number of hydrogen-bond acceptors (Lipinski definition) is 4. The topological polar surface area (TPSA) is 57.8 Å². The van der Waals surface area contributed by atoms with Gasteiger partial charge in [0.2, 0.25) is 0 Å². The number of aromatic nitrogens is 3. The van der Waals surface area contributed by atoms with Crippen molar-refractivity contribution in [2.24, 2.45) is 0 Å². The van der Waals surface area contributed by atoms with Crippen LogP contribution in [0.15, 0.2) is 61.2 Å². The van der Waals surface area contributed by atoms with Crippen molar-refractivity contribution in [3.63, 3.8) is 0 Å². The third kappa shape index (κ3) is 3.61. The fraction of sp³-hybridized carbons (Fsp3) is 0.200. The Morgan fingerprint density at radius 1 is 1.16 bits per heavy atom. The van der Waals surface area contributed by atoms with E-state index in [0.29, 0.717) is 35.9 Å². The minimum atomic E-state index is -0.102. The summed E-state index contributed by atoms with van der Waals surface area (Å²) in [7, 11) is 1.60. The van der Waals surface area contributed by atoms with E-state index in [1.807, 2.05) is 66.9 Å². The van der Waals surface area contributed by atoms with E-state index in [1.165, 1.54) is 0 Å². The summed E-state index contributed by atoms with van der Waals surface area (Å²) < 4.78 is 14.9. The Bertz CT molecular complexity index is 1310. The maximum Gasteiger partial charge on any atom is 0.191 e. The van der Waals surface area contributed by atoms with Gasteiger partial charge in [0.05, 0.1) is 36.0 Å². The molecule has 2 aromatic carbocycles. The van der Waals surface area contributed by atoms with Crippen LogP contribution in [0.25, 0.3) is 22.8 Å². The van der Waals surface area contributed by atoms with Crippen molar-refractivity contribution >= 4 is 28.5 Å². The predicted octanol–water partition coefficient (Wildman–Crippen LogP) is 5.09. The lowest BCUT2D eigenvalue weighted by molar-refractivity contribution is 0.104. The number of aryl methyl sites for hydroxylation is 1. The van der Waals surface area contributed by atoms with Gasteiger partial charge in [-0.2, -0.15) is 5.10 Å². The number of hydrogen-bond donors (Lipinski definition) is 0. The molecule has 4 aromatic rings. The quantitative estimate of drug-likeness (QED) is 0.229. The molecule has 6 heteroatoms. The molecule has 2 aromatic heterocycles. The van der Waals surface area contributed by atoms with Crippen LogP contribution in [0.3, 0.4) is 0 Å². The summed E-state index contributed by atoms with van der Waals surface area (Å²) in [5, 5.41) is 4.65. The Kier molecular flexibility index (Phi) is 5.62. The normalized spacial score (nSPS) is 11.5. The van der Waals surface area contributed by atoms with Crippen LogP contribution in [0.5, 0.6) is 11.5 Å². The average Bonchev–Trinajstić information content (AvgIpc) is 3.26. The lowest BCUT2D eigenvalue weighted by Crippen LogP contribution is -2.02. The van der Waals surface area contributed by atoms with E-state index in [-0.39, 0.29) is 5.78 Å². The molecule has 31 heavy (non-hydrogen) atoms. The molecule has 2 heterocycles. The molecular weight excluding hydrogens is 390 g/mol. The molecule has 0 radical (unpaired) electrons. The first-order chi connectivity index (χ1) is 15.1. The first kappa shape index (κ1) is 20.5. The fourth-order valence-electron chi connectivity index (χ4n) is 3.84. The van der Waals surface area contributed by atoms with Crippen molar-refractivity contribution in [3.8, 4) is 11.5 Å². The number of nitrogens with zero attached hydrogens (tertiary/aromatic N) is 3. The van der Waals surface area contributed by atoms with E-state index in [0.717, 1.165) is 22.2 Å². The van der Waals surface area contributed by atoms with Crippen LogP contribution >= 0.6 is 0 Å². The van der Waals surface area contributed by atoms with Crippen molar-refractivity contribution in [1.29, 1.82) is 0 Å². The minimum Gasteiger partial charge on any atom is -0.493 e. The summed E-state index contributed by atoms with van der Waals surface area (Å²) in [5.41, 5.74) is 4.88. The Hall–Kier alpha value is -3.80. The Labute approximate surface area is 181 Å². The molecule has 0 aliphatic rings. The van der Waals surface area contributed by atoms with Gasteiger partial charge in [0.1, 0.15) is 5.65 Å². The molecule has 0 aliphatic carbocycles. The number of ether oxygens (including phenoxy) is 2. The molecule has 0 spiro atoms. The number of ketones is 1. The Balaban J connectivity index is 1.77. The number of carbonyl (C=O) groups excluding carboxylic acids is 1. The molecule has 0 aliphatic heterocycles. The van der Waals surface area contributed by atoms with Crippen LogP contribution in [-0.2, 0) is 6.54 Å². The van der Waals surface area contributed by atoms with Crippen LogP contribution in [0.2, 0.25) is 0 Å². The van der Waals surface area contributed by atoms with Crippen LogP contribution in [0.4, 0.5) is 0 Å². The van der Waals surface area contributed by atoms with E-state index in [4.69, 9.17) is 9.47 Å². The number of methoxy groups -OCH3 is 1. The number of carbonyl (C=O) groups is 1. The molecule has 6 nitrogen and oxygen atoms in total. The average molecular weight is 415 g/mol. The number of allylic oxidation sites excluding steroid dienone is 2. The molecule has 158 valence electrons. The molecule has 0 atom stereocenters. The van der Waals surface area contributed by atoms with E-state index in [2.05, 4.69) is 16.2 Å². The molecule has 4 rings (SSSR count). The van der Waals surface area contributed by atoms with Gasteiger partial charge < -0.3 is 14.0 Å². The number of rotatable bonds is 8. The van der Waals surface area contributed by atoms with Crippen molar-refractivity contribution < 1.29 is 14.3 Å².